The third kappa shape index (κ3) is 4.58. The number of piperazine rings is 1. The summed E-state index contributed by atoms with van der Waals surface area (Å²) < 4.78 is 58.3. The molecule has 0 unspecified atom stereocenters. The topological polar surface area (TPSA) is 95.3 Å². The van der Waals surface area contributed by atoms with Crippen molar-refractivity contribution in [1.29, 1.82) is 0 Å². The van der Waals surface area contributed by atoms with E-state index in [2.05, 4.69) is 15.0 Å². The quantitative estimate of drug-likeness (QED) is 0.331. The van der Waals surface area contributed by atoms with Crippen LogP contribution in [-0.4, -0.2) is 51.9 Å². The van der Waals surface area contributed by atoms with Gasteiger partial charge in [-0.2, -0.15) is 13.2 Å². The number of hydrogen-bond acceptors (Lipinski definition) is 6. The number of rotatable bonds is 3. The van der Waals surface area contributed by atoms with Crippen LogP contribution < -0.4 is 10.5 Å². The maximum Gasteiger partial charge on any atom is 0.419 e. The normalized spacial score (nSPS) is 14.4. The highest BCUT2D eigenvalue weighted by Crippen LogP contribution is 2.34. The highest BCUT2D eigenvalue weighted by atomic mass is 19.4. The Kier molecular flexibility index (Phi) is 5.82. The number of carbonyl (C=O) groups excluding carboxylic acids is 1. The van der Waals surface area contributed by atoms with Gasteiger partial charge in [-0.05, 0) is 48.5 Å². The molecule has 8 nitrogen and oxygen atoms in total. The molecule has 0 bridgehead atoms. The number of alkyl halides is 3. The van der Waals surface area contributed by atoms with Crippen molar-refractivity contribution in [2.45, 2.75) is 6.18 Å². The van der Waals surface area contributed by atoms with Crippen molar-refractivity contribution in [2.24, 2.45) is 0 Å². The van der Waals surface area contributed by atoms with E-state index >= 15 is 0 Å². The monoisotopic (exact) mass is 537 g/mol. The molecule has 1 fully saturated rings. The van der Waals surface area contributed by atoms with Crippen LogP contribution >= 0.6 is 0 Å². The predicted molar refractivity (Wildman–Crippen MR) is 135 cm³/mol. The molecule has 1 amide bonds. The van der Waals surface area contributed by atoms with E-state index in [0.717, 1.165) is 12.1 Å². The van der Waals surface area contributed by atoms with Crippen molar-refractivity contribution < 1.29 is 26.8 Å². The average molecular weight is 537 g/mol. The van der Waals surface area contributed by atoms with Gasteiger partial charge in [0.25, 0.3) is 11.5 Å². The molecule has 39 heavy (non-hydrogen) atoms. The number of fused-ring (bicyclic) bond motifs is 2. The molecule has 0 aliphatic carbocycles. The molecule has 12 heteroatoms. The van der Waals surface area contributed by atoms with E-state index in [1.54, 1.807) is 35.2 Å². The molecule has 0 spiro atoms. The Bertz CT molecular complexity index is 1790. The van der Waals surface area contributed by atoms with Crippen LogP contribution in [0.4, 0.5) is 23.5 Å². The minimum atomic E-state index is -4.81. The Balaban J connectivity index is 1.18. The lowest BCUT2D eigenvalue weighted by molar-refractivity contribution is -0.139. The van der Waals surface area contributed by atoms with Crippen LogP contribution in [0.5, 0.6) is 0 Å². The van der Waals surface area contributed by atoms with Gasteiger partial charge in [-0.15, -0.1) is 0 Å². The number of aromatic amines is 1. The molecule has 0 atom stereocenters. The summed E-state index contributed by atoms with van der Waals surface area (Å²) in [6, 6.07) is 14.1. The molecule has 198 valence electrons. The number of nitrogens with zero attached hydrogens (tertiary/aromatic N) is 4. The van der Waals surface area contributed by atoms with Crippen LogP contribution in [0.1, 0.15) is 15.9 Å². The lowest BCUT2D eigenvalue weighted by Crippen LogP contribution is -2.49. The fourth-order valence-electron chi connectivity index (χ4n) is 4.59. The second-order valence-electron chi connectivity index (χ2n) is 9.08. The summed E-state index contributed by atoms with van der Waals surface area (Å²) >= 11 is 0. The lowest BCUT2D eigenvalue weighted by atomic mass is 10.1. The molecule has 3 heterocycles. The summed E-state index contributed by atoms with van der Waals surface area (Å²) in [6.45, 7) is 1.70. The molecule has 1 aliphatic rings. The van der Waals surface area contributed by atoms with Gasteiger partial charge in [-0.1, -0.05) is 12.1 Å². The van der Waals surface area contributed by atoms with Gasteiger partial charge in [-0.25, -0.2) is 14.4 Å². The molecule has 1 N–H and O–H groups in total. The van der Waals surface area contributed by atoms with Crippen molar-refractivity contribution in [2.75, 3.05) is 31.1 Å². The largest absolute Gasteiger partial charge is 0.436 e. The number of para-hydroxylation sites is 1. The third-order valence-electron chi connectivity index (χ3n) is 6.62. The van der Waals surface area contributed by atoms with Crippen molar-refractivity contribution in [3.05, 3.63) is 88.0 Å². The van der Waals surface area contributed by atoms with Gasteiger partial charge in [0, 0.05) is 37.3 Å². The Hall–Kier alpha value is -4.74. The van der Waals surface area contributed by atoms with E-state index in [1.165, 1.54) is 6.07 Å². The third-order valence-corrected chi connectivity index (χ3v) is 6.62. The van der Waals surface area contributed by atoms with E-state index in [9.17, 15) is 27.2 Å². The number of H-pyrrole nitrogens is 1. The Morgan fingerprint density at radius 2 is 1.69 bits per heavy atom. The first kappa shape index (κ1) is 24.6. The van der Waals surface area contributed by atoms with Crippen LogP contribution in [0.2, 0.25) is 0 Å². The zero-order valence-electron chi connectivity index (χ0n) is 20.1. The van der Waals surface area contributed by atoms with Gasteiger partial charge in [0.05, 0.1) is 16.5 Å². The average Bonchev–Trinajstić information content (AvgIpc) is 3.36. The number of hydrogen-bond donors (Lipinski definition) is 1. The standard InChI is InChI=1S/C27H19F4N5O3/c28-19-13-15(5-7-18(19)27(29,30)31)24-32-21-8-6-16(14-22(21)39-24)25(38)35-9-11-36(12-10-35)26-33-20-4-2-1-3-17(20)23(37)34-26/h1-8,13-14H,9-12H2,(H,33,34,37). The van der Waals surface area contributed by atoms with E-state index in [1.807, 2.05) is 11.0 Å². The number of amides is 1. The summed E-state index contributed by atoms with van der Waals surface area (Å²) in [5, 5.41) is 0.504. The summed E-state index contributed by atoms with van der Waals surface area (Å²) in [5.41, 5.74) is -0.0132. The predicted octanol–water partition coefficient (Wildman–Crippen LogP) is 4.85. The van der Waals surface area contributed by atoms with Crippen LogP contribution in [-0.2, 0) is 6.18 Å². The smallest absolute Gasteiger partial charge is 0.419 e. The molecule has 3 aromatic carbocycles. The molecular weight excluding hydrogens is 518 g/mol. The molecule has 0 radical (unpaired) electrons. The van der Waals surface area contributed by atoms with Gasteiger partial charge in [0.2, 0.25) is 11.8 Å². The van der Waals surface area contributed by atoms with Crippen molar-refractivity contribution in [1.82, 2.24) is 19.9 Å². The zero-order chi connectivity index (χ0) is 27.3. The Morgan fingerprint density at radius 1 is 0.923 bits per heavy atom. The van der Waals surface area contributed by atoms with E-state index < -0.39 is 17.6 Å². The van der Waals surface area contributed by atoms with Gasteiger partial charge < -0.3 is 14.2 Å². The first-order chi connectivity index (χ1) is 18.7. The van der Waals surface area contributed by atoms with Crippen LogP contribution in [0.3, 0.4) is 0 Å². The van der Waals surface area contributed by atoms with Crippen molar-refractivity contribution >= 4 is 33.9 Å². The van der Waals surface area contributed by atoms with Gasteiger partial charge in [0.15, 0.2) is 5.58 Å². The zero-order valence-corrected chi connectivity index (χ0v) is 20.1. The highest BCUT2D eigenvalue weighted by Gasteiger charge is 2.34. The number of aromatic nitrogens is 3. The number of oxazole rings is 1. The number of nitrogens with one attached hydrogen (secondary N) is 1. The highest BCUT2D eigenvalue weighted by molar-refractivity contribution is 5.97. The molecule has 1 saturated heterocycles. The fourth-order valence-corrected chi connectivity index (χ4v) is 4.59. The maximum atomic E-state index is 14.0. The summed E-state index contributed by atoms with van der Waals surface area (Å²) in [4.78, 5) is 40.7. The number of halogens is 4. The van der Waals surface area contributed by atoms with Crippen LogP contribution in [0.25, 0.3) is 33.5 Å². The number of benzene rings is 3. The molecule has 1 aliphatic heterocycles. The minimum Gasteiger partial charge on any atom is -0.436 e. The van der Waals surface area contributed by atoms with Crippen LogP contribution in [0, 0.1) is 5.82 Å². The van der Waals surface area contributed by atoms with Crippen LogP contribution in [0.15, 0.2) is 69.9 Å². The van der Waals surface area contributed by atoms with Gasteiger partial charge in [0.1, 0.15) is 11.3 Å². The summed E-state index contributed by atoms with van der Waals surface area (Å²) in [5.74, 6) is -1.29. The maximum absolute atomic E-state index is 14.0. The van der Waals surface area contributed by atoms with E-state index in [-0.39, 0.29) is 28.5 Å². The first-order valence-corrected chi connectivity index (χ1v) is 12.0. The van der Waals surface area contributed by atoms with E-state index in [4.69, 9.17) is 4.42 Å². The van der Waals surface area contributed by atoms with E-state index in [0.29, 0.717) is 60.2 Å². The number of anilines is 1. The lowest BCUT2D eigenvalue weighted by Gasteiger charge is -2.35. The Labute approximate surface area is 217 Å². The molecular formula is C27H19F4N5O3. The molecule has 5 aromatic rings. The second-order valence-corrected chi connectivity index (χ2v) is 9.08. The first-order valence-electron chi connectivity index (χ1n) is 12.0. The molecule has 0 saturated carbocycles. The molecule has 6 rings (SSSR count). The second kappa shape index (κ2) is 9.22. The minimum absolute atomic E-state index is 0.0426. The SMILES string of the molecule is O=C(c1ccc2nc(-c3ccc(C(F)(F)F)c(F)c3)oc2c1)N1CCN(c2nc3ccccc3c(=O)[nH]2)CC1. The van der Waals surface area contributed by atoms with Crippen molar-refractivity contribution in [3.8, 4) is 11.5 Å². The summed E-state index contributed by atoms with van der Waals surface area (Å²) in [7, 11) is 0. The van der Waals surface area contributed by atoms with Crippen molar-refractivity contribution in [3.63, 3.8) is 0 Å². The summed E-state index contributed by atoms with van der Waals surface area (Å²) in [6.07, 6.45) is -4.81. The van der Waals surface area contributed by atoms with Gasteiger partial charge >= 0.3 is 6.18 Å². The molecule has 2 aromatic heterocycles. The van der Waals surface area contributed by atoms with Gasteiger partial charge in [-0.3, -0.25) is 14.6 Å². The fraction of sp³-hybridized carbons (Fsp3) is 0.185. The Morgan fingerprint density at radius 3 is 2.44 bits per heavy atom. The number of carbonyl (C=O) groups is 1.